The van der Waals surface area contributed by atoms with Crippen molar-refractivity contribution in [2.45, 2.75) is 6.61 Å². The molecule has 0 fully saturated rings. The van der Waals surface area contributed by atoms with E-state index < -0.39 is 5.82 Å². The van der Waals surface area contributed by atoms with E-state index in [1.807, 2.05) is 24.3 Å². The van der Waals surface area contributed by atoms with Gasteiger partial charge in [0.15, 0.2) is 0 Å². The van der Waals surface area contributed by atoms with Crippen LogP contribution in [0.4, 0.5) is 4.39 Å². The Morgan fingerprint density at radius 3 is 2.72 bits per heavy atom. The molecule has 0 aliphatic rings. The van der Waals surface area contributed by atoms with E-state index in [1.165, 1.54) is 28.5 Å². The summed E-state index contributed by atoms with van der Waals surface area (Å²) in [7, 11) is 0. The molecule has 0 bridgehead atoms. The van der Waals surface area contributed by atoms with Gasteiger partial charge in [0.1, 0.15) is 11.6 Å². The van der Waals surface area contributed by atoms with Crippen LogP contribution in [0.2, 0.25) is 5.02 Å². The summed E-state index contributed by atoms with van der Waals surface area (Å²) < 4.78 is 18.5. The SMILES string of the molecule is Fc1cc(OCc2c[c-]ccc2)ccc1Cl.[Zn+][Br]. The van der Waals surface area contributed by atoms with Gasteiger partial charge in [0.25, 0.3) is 0 Å². The summed E-state index contributed by atoms with van der Waals surface area (Å²) >= 11 is 9.81. The minimum atomic E-state index is -0.473. The van der Waals surface area contributed by atoms with Gasteiger partial charge in [-0.3, -0.25) is 0 Å². The first-order valence-corrected chi connectivity index (χ1v) is 12.4. The predicted octanol–water partition coefficient (Wildman–Crippen LogP) is 4.70. The van der Waals surface area contributed by atoms with Crippen LogP contribution in [0, 0.1) is 11.9 Å². The van der Waals surface area contributed by atoms with Crippen LogP contribution in [-0.2, 0) is 22.9 Å². The number of ether oxygens (including phenoxy) is 1. The molecule has 0 N–H and O–H groups in total. The van der Waals surface area contributed by atoms with E-state index in [0.29, 0.717) is 12.4 Å². The van der Waals surface area contributed by atoms with Crippen LogP contribution in [0.3, 0.4) is 0 Å². The molecule has 0 aromatic heterocycles. The van der Waals surface area contributed by atoms with Crippen LogP contribution in [0.1, 0.15) is 5.56 Å². The van der Waals surface area contributed by atoms with Gasteiger partial charge < -0.3 is 4.74 Å². The number of hydrogen-bond acceptors (Lipinski definition) is 1. The van der Waals surface area contributed by atoms with Crippen LogP contribution in [-0.4, -0.2) is 0 Å². The molecular formula is C13H9BrClFOZn. The van der Waals surface area contributed by atoms with Crippen LogP contribution in [0.15, 0.2) is 42.5 Å². The molecule has 0 heterocycles. The molecule has 18 heavy (non-hydrogen) atoms. The molecule has 0 unspecified atom stereocenters. The summed E-state index contributed by atoms with van der Waals surface area (Å²) in [4.78, 5) is 0. The fourth-order valence-electron chi connectivity index (χ4n) is 1.25. The fraction of sp³-hybridized carbons (Fsp3) is 0.0769. The maximum atomic E-state index is 13.1. The van der Waals surface area contributed by atoms with Gasteiger partial charge in [0.05, 0.1) is 11.6 Å². The van der Waals surface area contributed by atoms with E-state index in [0.717, 1.165) is 5.56 Å². The molecule has 5 heteroatoms. The summed E-state index contributed by atoms with van der Waals surface area (Å²) in [5.74, 6) is -0.00968. The molecule has 0 aliphatic heterocycles. The summed E-state index contributed by atoms with van der Waals surface area (Å²) in [6, 6.07) is 14.8. The van der Waals surface area contributed by atoms with Gasteiger partial charge in [0, 0.05) is 6.07 Å². The summed E-state index contributed by atoms with van der Waals surface area (Å²) in [5.41, 5.74) is 0.984. The Labute approximate surface area is 127 Å². The molecule has 0 saturated heterocycles. The van der Waals surface area contributed by atoms with Crippen molar-refractivity contribution in [3.05, 3.63) is 64.9 Å². The third-order valence-electron chi connectivity index (χ3n) is 2.07. The van der Waals surface area contributed by atoms with Gasteiger partial charge in [-0.2, -0.15) is 30.3 Å². The Morgan fingerprint density at radius 1 is 1.33 bits per heavy atom. The van der Waals surface area contributed by atoms with Crippen molar-refractivity contribution in [3.63, 3.8) is 0 Å². The molecule has 90 valence electrons. The van der Waals surface area contributed by atoms with Crippen molar-refractivity contribution in [2.24, 2.45) is 0 Å². The van der Waals surface area contributed by atoms with Gasteiger partial charge >= 0.3 is 30.0 Å². The standard InChI is InChI=1S/C13H9ClFO.BrH.Zn/c14-12-7-6-11(8-13(12)15)16-9-10-4-2-1-3-5-10;;/h1-2,4-8H,9H2;1H;/q-1;;+2/p-1. The summed E-state index contributed by atoms with van der Waals surface area (Å²) in [5, 5.41) is 0.0976. The van der Waals surface area contributed by atoms with Gasteiger partial charge in [-0.25, -0.2) is 4.39 Å². The Morgan fingerprint density at radius 2 is 2.11 bits per heavy atom. The van der Waals surface area contributed by atoms with Crippen LogP contribution < -0.4 is 4.74 Å². The molecule has 2 rings (SSSR count). The van der Waals surface area contributed by atoms with E-state index in [1.54, 1.807) is 6.07 Å². The average molecular weight is 381 g/mol. The predicted molar refractivity (Wildman–Crippen MR) is 69.9 cm³/mol. The van der Waals surface area contributed by atoms with Gasteiger partial charge in [-0.1, -0.05) is 11.6 Å². The Bertz CT molecular complexity index is 482. The zero-order chi connectivity index (χ0) is 13.4. The van der Waals surface area contributed by atoms with E-state index >= 15 is 0 Å². The fourth-order valence-corrected chi connectivity index (χ4v) is 1.37. The first-order chi connectivity index (χ1) is 8.75. The molecule has 0 spiro atoms. The van der Waals surface area contributed by atoms with Crippen molar-refractivity contribution in [2.75, 3.05) is 0 Å². The van der Waals surface area contributed by atoms with E-state index in [4.69, 9.17) is 16.3 Å². The first-order valence-electron chi connectivity index (χ1n) is 5.05. The van der Waals surface area contributed by atoms with Crippen molar-refractivity contribution < 1.29 is 25.5 Å². The number of hydrogen-bond donors (Lipinski definition) is 0. The van der Waals surface area contributed by atoms with Crippen LogP contribution in [0.25, 0.3) is 0 Å². The molecule has 0 radical (unpaired) electrons. The van der Waals surface area contributed by atoms with Crippen molar-refractivity contribution in [3.8, 4) is 5.75 Å². The average Bonchev–Trinajstić information content (AvgIpc) is 2.44. The van der Waals surface area contributed by atoms with E-state index in [-0.39, 0.29) is 5.02 Å². The third-order valence-corrected chi connectivity index (χ3v) is 2.37. The number of rotatable bonds is 3. The van der Waals surface area contributed by atoms with Gasteiger partial charge in [-0.05, 0) is 12.1 Å². The Hall–Kier alpha value is -0.437. The maximum absolute atomic E-state index is 13.1. The van der Waals surface area contributed by atoms with E-state index in [2.05, 4.69) is 19.7 Å². The zero-order valence-corrected chi connectivity index (χ0v) is 14.8. The van der Waals surface area contributed by atoms with Crippen LogP contribution >= 0.6 is 25.2 Å². The monoisotopic (exact) mass is 378 g/mol. The van der Waals surface area contributed by atoms with Crippen molar-refractivity contribution in [1.82, 2.24) is 0 Å². The molecule has 0 aliphatic carbocycles. The molecule has 2 aromatic carbocycles. The Balaban J connectivity index is 0.000000771. The minimum absolute atomic E-state index is 0.0976. The van der Waals surface area contributed by atoms with E-state index in [9.17, 15) is 4.39 Å². The summed E-state index contributed by atoms with van der Waals surface area (Å²) in [6.45, 7) is 0.387. The second-order valence-electron chi connectivity index (χ2n) is 3.28. The molecule has 1 nitrogen and oxygen atoms in total. The molecule has 0 saturated carbocycles. The second kappa shape index (κ2) is 8.63. The topological polar surface area (TPSA) is 9.23 Å². The van der Waals surface area contributed by atoms with Crippen LogP contribution in [0.5, 0.6) is 5.75 Å². The quantitative estimate of drug-likeness (QED) is 0.554. The molecular weight excluding hydrogens is 372 g/mol. The van der Waals surface area contributed by atoms with Crippen molar-refractivity contribution >= 4 is 25.2 Å². The zero-order valence-electron chi connectivity index (χ0n) is 9.50. The first kappa shape index (κ1) is 15.6. The van der Waals surface area contributed by atoms with Crippen molar-refractivity contribution in [1.29, 1.82) is 0 Å². The van der Waals surface area contributed by atoms with Gasteiger partial charge in [0.2, 0.25) is 0 Å². The second-order valence-corrected chi connectivity index (χ2v) is 3.68. The van der Waals surface area contributed by atoms with Gasteiger partial charge in [-0.15, -0.1) is 5.56 Å². The normalized spacial score (nSPS) is 9.39. The number of benzene rings is 2. The molecule has 0 amide bonds. The molecule has 0 atom stereocenters. The third kappa shape index (κ3) is 5.05. The summed E-state index contributed by atoms with van der Waals surface area (Å²) in [6.07, 6.45) is 0. The number of halogens is 3. The molecule has 2 aromatic rings. The Kier molecular flexibility index (Phi) is 7.49.